The van der Waals surface area contributed by atoms with Gasteiger partial charge in [0.2, 0.25) is 5.78 Å². The summed E-state index contributed by atoms with van der Waals surface area (Å²) in [5.74, 6) is -0.758. The van der Waals surface area contributed by atoms with Crippen molar-refractivity contribution in [2.24, 2.45) is 0 Å². The molecule has 0 radical (unpaired) electrons. The number of unbranched alkanes of at least 4 members (excludes halogenated alkanes) is 1. The number of methoxy groups -OCH3 is 1. The molecule has 0 aliphatic heterocycles. The minimum absolute atomic E-state index is 0.0387. The molecule has 7 nitrogen and oxygen atoms in total. The third kappa shape index (κ3) is 7.10. The van der Waals surface area contributed by atoms with Gasteiger partial charge in [-0.15, -0.1) is 0 Å². The number of nitrogens with one attached hydrogen (secondary N) is 1. The minimum atomic E-state index is -0.466. The average molecular weight is 520 g/mol. The van der Waals surface area contributed by atoms with Crippen LogP contribution in [0, 0.1) is 0 Å². The molecule has 0 fully saturated rings. The number of nitrogens with zero attached hydrogens (tertiary/aromatic N) is 2. The van der Waals surface area contributed by atoms with Crippen LogP contribution in [0.1, 0.15) is 84.5 Å². The van der Waals surface area contributed by atoms with Crippen LogP contribution in [0.15, 0.2) is 48.7 Å². The van der Waals surface area contributed by atoms with E-state index in [1.807, 2.05) is 55.5 Å². The van der Waals surface area contributed by atoms with Crippen LogP contribution in [0.4, 0.5) is 0 Å². The lowest BCUT2D eigenvalue weighted by molar-refractivity contribution is -0.141. The Morgan fingerprint density at radius 3 is 2.32 bits per heavy atom. The van der Waals surface area contributed by atoms with Gasteiger partial charge >= 0.3 is 5.97 Å². The Morgan fingerprint density at radius 2 is 1.68 bits per heavy atom. The molecule has 7 heteroatoms. The number of benzene rings is 1. The summed E-state index contributed by atoms with van der Waals surface area (Å²) in [7, 11) is 1.31. The van der Waals surface area contributed by atoms with Crippen molar-refractivity contribution < 1.29 is 19.1 Å². The zero-order chi connectivity index (χ0) is 27.7. The summed E-state index contributed by atoms with van der Waals surface area (Å²) in [5, 5.41) is 3.47. The normalized spacial score (nSPS) is 11.2. The molecular weight excluding hydrogens is 478 g/mol. The van der Waals surface area contributed by atoms with E-state index in [1.54, 1.807) is 18.3 Å². The molecule has 3 rings (SSSR count). The van der Waals surface area contributed by atoms with Crippen molar-refractivity contribution in [3.05, 3.63) is 76.6 Å². The average Bonchev–Trinajstić information content (AvgIpc) is 3.30. The first-order chi connectivity index (χ1) is 18.3. The van der Waals surface area contributed by atoms with E-state index in [0.29, 0.717) is 23.2 Å². The zero-order valence-electron chi connectivity index (χ0n) is 23.4. The standard InChI is InChI=1S/C31H41N3O4/c1-6-8-16-32-17-9-10-23-11-13-25(14-12-23)30(36)29-24(7-2)19-27-20-26(15-18-33(27)29)31(37)34(22(3)4)21-28(35)38-5/h11-15,18-20,22,32H,6-10,16-17,21H2,1-5H3. The van der Waals surface area contributed by atoms with Gasteiger partial charge in [0.1, 0.15) is 6.54 Å². The number of rotatable bonds is 14. The van der Waals surface area contributed by atoms with Gasteiger partial charge in [0.25, 0.3) is 5.91 Å². The van der Waals surface area contributed by atoms with Crippen LogP contribution >= 0.6 is 0 Å². The van der Waals surface area contributed by atoms with Gasteiger partial charge in [-0.1, -0.05) is 44.5 Å². The second kappa shape index (κ2) is 13.9. The third-order valence-electron chi connectivity index (χ3n) is 6.85. The smallest absolute Gasteiger partial charge is 0.325 e. The molecule has 0 saturated carbocycles. The first-order valence-electron chi connectivity index (χ1n) is 13.7. The number of pyridine rings is 1. The number of aryl methyl sites for hydroxylation is 2. The number of ketones is 1. The predicted molar refractivity (Wildman–Crippen MR) is 151 cm³/mol. The first-order valence-corrected chi connectivity index (χ1v) is 13.7. The van der Waals surface area contributed by atoms with Gasteiger partial charge in [0.15, 0.2) is 0 Å². The van der Waals surface area contributed by atoms with E-state index in [2.05, 4.69) is 12.2 Å². The van der Waals surface area contributed by atoms with Crippen LogP contribution in [0.2, 0.25) is 0 Å². The summed E-state index contributed by atoms with van der Waals surface area (Å²) < 4.78 is 6.61. The van der Waals surface area contributed by atoms with Crippen molar-refractivity contribution in [2.45, 2.75) is 65.8 Å². The molecule has 204 valence electrons. The number of hydrogen-bond donors (Lipinski definition) is 1. The van der Waals surface area contributed by atoms with E-state index in [0.717, 1.165) is 37.0 Å². The van der Waals surface area contributed by atoms with E-state index in [9.17, 15) is 14.4 Å². The lowest BCUT2D eigenvalue weighted by atomic mass is 10.0. The van der Waals surface area contributed by atoms with Gasteiger partial charge in [-0.3, -0.25) is 14.4 Å². The summed E-state index contributed by atoms with van der Waals surface area (Å²) in [6.45, 7) is 9.88. The third-order valence-corrected chi connectivity index (χ3v) is 6.85. The maximum Gasteiger partial charge on any atom is 0.325 e. The van der Waals surface area contributed by atoms with Crippen molar-refractivity contribution in [3.63, 3.8) is 0 Å². The highest BCUT2D eigenvalue weighted by Crippen LogP contribution is 2.23. The molecule has 0 bridgehead atoms. The molecule has 1 N–H and O–H groups in total. The minimum Gasteiger partial charge on any atom is -0.468 e. The van der Waals surface area contributed by atoms with Crippen molar-refractivity contribution in [3.8, 4) is 0 Å². The Balaban J connectivity index is 1.79. The zero-order valence-corrected chi connectivity index (χ0v) is 23.4. The number of carbonyl (C=O) groups excluding carboxylic acids is 3. The summed E-state index contributed by atoms with van der Waals surface area (Å²) in [6, 6.07) is 13.2. The van der Waals surface area contributed by atoms with Crippen LogP contribution in [0.5, 0.6) is 0 Å². The number of amides is 1. The molecule has 0 aliphatic rings. The highest BCUT2D eigenvalue weighted by atomic mass is 16.5. The van der Waals surface area contributed by atoms with Gasteiger partial charge in [0, 0.05) is 28.9 Å². The fourth-order valence-corrected chi connectivity index (χ4v) is 4.55. The molecule has 0 saturated heterocycles. The molecule has 38 heavy (non-hydrogen) atoms. The Labute approximate surface area is 226 Å². The number of hydrogen-bond acceptors (Lipinski definition) is 5. The van der Waals surface area contributed by atoms with Crippen molar-refractivity contribution >= 4 is 23.2 Å². The van der Waals surface area contributed by atoms with E-state index in [-0.39, 0.29) is 24.3 Å². The predicted octanol–water partition coefficient (Wildman–Crippen LogP) is 5.08. The monoisotopic (exact) mass is 519 g/mol. The molecule has 0 atom stereocenters. The van der Waals surface area contributed by atoms with Gasteiger partial charge < -0.3 is 19.4 Å². The quantitative estimate of drug-likeness (QED) is 0.183. The van der Waals surface area contributed by atoms with E-state index < -0.39 is 5.97 Å². The molecule has 0 aliphatic carbocycles. The summed E-state index contributed by atoms with van der Waals surface area (Å²) in [4.78, 5) is 40.1. The first kappa shape index (κ1) is 29.1. The highest BCUT2D eigenvalue weighted by molar-refractivity contribution is 6.10. The van der Waals surface area contributed by atoms with Crippen LogP contribution in [-0.2, 0) is 22.4 Å². The maximum absolute atomic E-state index is 13.6. The van der Waals surface area contributed by atoms with Crippen molar-refractivity contribution in [1.82, 2.24) is 14.6 Å². The van der Waals surface area contributed by atoms with Gasteiger partial charge in [-0.2, -0.15) is 0 Å². The summed E-state index contributed by atoms with van der Waals surface area (Å²) in [6.07, 6.45) is 6.90. The van der Waals surface area contributed by atoms with E-state index in [4.69, 9.17) is 4.74 Å². The van der Waals surface area contributed by atoms with Crippen LogP contribution in [-0.4, -0.2) is 59.7 Å². The van der Waals surface area contributed by atoms with Gasteiger partial charge in [-0.25, -0.2) is 0 Å². The second-order valence-electron chi connectivity index (χ2n) is 9.92. The maximum atomic E-state index is 13.6. The highest BCUT2D eigenvalue weighted by Gasteiger charge is 2.24. The van der Waals surface area contributed by atoms with Crippen LogP contribution in [0.3, 0.4) is 0 Å². The number of esters is 1. The van der Waals surface area contributed by atoms with Gasteiger partial charge in [0.05, 0.1) is 12.8 Å². The molecule has 1 aromatic carbocycles. The Bertz CT molecular complexity index is 1240. The Morgan fingerprint density at radius 1 is 0.974 bits per heavy atom. The topological polar surface area (TPSA) is 80.1 Å². The van der Waals surface area contributed by atoms with Gasteiger partial charge in [-0.05, 0) is 81.9 Å². The number of carbonyl (C=O) groups is 3. The lowest BCUT2D eigenvalue weighted by Crippen LogP contribution is -2.41. The van der Waals surface area contributed by atoms with Crippen molar-refractivity contribution in [1.29, 1.82) is 0 Å². The fraction of sp³-hybridized carbons (Fsp3) is 0.452. The Hall–Kier alpha value is -3.45. The molecule has 2 heterocycles. The SMILES string of the molecule is CCCCNCCCc1ccc(C(=O)c2c(CC)cc3cc(C(=O)N(CC(=O)OC)C(C)C)ccn23)cc1. The summed E-state index contributed by atoms with van der Waals surface area (Å²) in [5.41, 5.74) is 4.64. The second-order valence-corrected chi connectivity index (χ2v) is 9.92. The number of ether oxygens (including phenoxy) is 1. The summed E-state index contributed by atoms with van der Waals surface area (Å²) >= 11 is 0. The van der Waals surface area contributed by atoms with E-state index in [1.165, 1.54) is 30.4 Å². The number of aromatic nitrogens is 1. The molecule has 0 unspecified atom stereocenters. The number of fused-ring (bicyclic) bond motifs is 1. The van der Waals surface area contributed by atoms with Crippen LogP contribution < -0.4 is 5.32 Å². The van der Waals surface area contributed by atoms with Crippen LogP contribution in [0.25, 0.3) is 5.52 Å². The largest absolute Gasteiger partial charge is 0.468 e. The lowest BCUT2D eigenvalue weighted by Gasteiger charge is -2.25. The molecule has 1 amide bonds. The van der Waals surface area contributed by atoms with Crippen molar-refractivity contribution in [2.75, 3.05) is 26.7 Å². The Kier molecular flexibility index (Phi) is 10.7. The molecular formula is C31H41N3O4. The van der Waals surface area contributed by atoms with E-state index >= 15 is 0 Å². The molecule has 2 aromatic heterocycles. The molecule has 3 aromatic rings. The molecule has 0 spiro atoms. The fourth-order valence-electron chi connectivity index (χ4n) is 4.55.